The highest BCUT2D eigenvalue weighted by molar-refractivity contribution is 5.92. The Morgan fingerprint density at radius 1 is 1.67 bits per heavy atom. The third-order valence-electron chi connectivity index (χ3n) is 2.28. The van der Waals surface area contributed by atoms with Crippen molar-refractivity contribution in [3.8, 4) is 0 Å². The highest BCUT2D eigenvalue weighted by Crippen LogP contribution is 2.26. The Labute approximate surface area is 86.1 Å². The molecule has 15 heavy (non-hydrogen) atoms. The number of ether oxygens (including phenoxy) is 1. The van der Waals surface area contributed by atoms with Crippen molar-refractivity contribution < 1.29 is 14.6 Å². The number of anilines is 1. The zero-order valence-corrected chi connectivity index (χ0v) is 8.01. The first-order valence-corrected chi connectivity index (χ1v) is 4.66. The molecule has 6 heteroatoms. The maximum absolute atomic E-state index is 10.7. The maximum atomic E-state index is 10.7. The second-order valence-electron chi connectivity index (χ2n) is 3.33. The van der Waals surface area contributed by atoms with Gasteiger partial charge in [-0.3, -0.25) is 0 Å². The monoisotopic (exact) mass is 209 g/mol. The Hall–Kier alpha value is -1.69. The van der Waals surface area contributed by atoms with Gasteiger partial charge in [-0.05, 0) is 12.8 Å². The molecule has 2 rings (SSSR count). The first-order chi connectivity index (χ1) is 7.18. The average Bonchev–Trinajstić information content (AvgIpc) is 2.69. The number of carbonyl (C=O) groups is 1. The largest absolute Gasteiger partial charge is 0.477 e. The molecule has 0 aliphatic carbocycles. The van der Waals surface area contributed by atoms with Gasteiger partial charge in [0.1, 0.15) is 17.5 Å². The average molecular weight is 209 g/mol. The second-order valence-corrected chi connectivity index (χ2v) is 3.33. The Balaban J connectivity index is 2.28. The van der Waals surface area contributed by atoms with Gasteiger partial charge in [-0.15, -0.1) is 0 Å². The molecule has 1 unspecified atom stereocenters. The van der Waals surface area contributed by atoms with Gasteiger partial charge in [-0.1, -0.05) is 0 Å². The lowest BCUT2D eigenvalue weighted by molar-refractivity contribution is 0.0696. The van der Waals surface area contributed by atoms with Crippen molar-refractivity contribution in [2.24, 2.45) is 0 Å². The van der Waals surface area contributed by atoms with Gasteiger partial charge < -0.3 is 15.6 Å². The predicted molar refractivity (Wildman–Crippen MR) is 51.3 cm³/mol. The fraction of sp³-hybridized carbons (Fsp3) is 0.444. The molecule has 0 amide bonds. The van der Waals surface area contributed by atoms with E-state index in [-0.39, 0.29) is 17.5 Å². The molecule has 1 saturated heterocycles. The minimum Gasteiger partial charge on any atom is -0.477 e. The number of hydrogen-bond acceptors (Lipinski definition) is 5. The summed E-state index contributed by atoms with van der Waals surface area (Å²) in [6.07, 6.45) is 2.90. The molecule has 1 aliphatic heterocycles. The first-order valence-electron chi connectivity index (χ1n) is 4.66. The zero-order chi connectivity index (χ0) is 10.8. The zero-order valence-electron chi connectivity index (χ0n) is 8.01. The van der Waals surface area contributed by atoms with E-state index in [9.17, 15) is 4.79 Å². The Morgan fingerprint density at radius 2 is 2.47 bits per heavy atom. The summed E-state index contributed by atoms with van der Waals surface area (Å²) in [6.45, 7) is 0.689. The standard InChI is InChI=1S/C9H11N3O3/c10-7-5(9(13)14)4-11-8(12-7)6-2-1-3-15-6/h4,6H,1-3H2,(H,13,14)(H2,10,11,12). The van der Waals surface area contributed by atoms with Gasteiger partial charge in [-0.2, -0.15) is 0 Å². The number of aromatic carboxylic acids is 1. The fourth-order valence-electron chi connectivity index (χ4n) is 1.51. The second kappa shape index (κ2) is 3.82. The van der Waals surface area contributed by atoms with Crippen molar-refractivity contribution in [3.05, 3.63) is 17.6 Å². The molecule has 2 heterocycles. The molecule has 1 fully saturated rings. The van der Waals surface area contributed by atoms with E-state index in [1.54, 1.807) is 0 Å². The molecule has 0 saturated carbocycles. The lowest BCUT2D eigenvalue weighted by Gasteiger charge is -2.08. The van der Waals surface area contributed by atoms with Crippen LogP contribution >= 0.6 is 0 Å². The van der Waals surface area contributed by atoms with Gasteiger partial charge in [0.25, 0.3) is 0 Å². The first kappa shape index (κ1) is 9.85. The molecule has 3 N–H and O–H groups in total. The van der Waals surface area contributed by atoms with Crippen LogP contribution in [0.2, 0.25) is 0 Å². The molecule has 0 bridgehead atoms. The summed E-state index contributed by atoms with van der Waals surface area (Å²) in [5.41, 5.74) is 5.43. The van der Waals surface area contributed by atoms with E-state index in [4.69, 9.17) is 15.6 Å². The number of aromatic nitrogens is 2. The number of nitrogen functional groups attached to an aromatic ring is 1. The maximum Gasteiger partial charge on any atom is 0.341 e. The van der Waals surface area contributed by atoms with Crippen LogP contribution in [0.5, 0.6) is 0 Å². The summed E-state index contributed by atoms with van der Waals surface area (Å²) >= 11 is 0. The van der Waals surface area contributed by atoms with E-state index in [2.05, 4.69) is 9.97 Å². The topological polar surface area (TPSA) is 98.3 Å². The van der Waals surface area contributed by atoms with Crippen LogP contribution in [0.1, 0.15) is 35.1 Å². The normalized spacial score (nSPS) is 20.4. The molecule has 0 radical (unpaired) electrons. The summed E-state index contributed by atoms with van der Waals surface area (Å²) in [5, 5.41) is 8.73. The van der Waals surface area contributed by atoms with Crippen LogP contribution in [0.15, 0.2) is 6.20 Å². The lowest BCUT2D eigenvalue weighted by atomic mass is 10.2. The van der Waals surface area contributed by atoms with Crippen LogP contribution in [-0.2, 0) is 4.74 Å². The molecular weight excluding hydrogens is 198 g/mol. The van der Waals surface area contributed by atoms with Crippen molar-refractivity contribution in [1.29, 1.82) is 0 Å². The van der Waals surface area contributed by atoms with E-state index in [1.807, 2.05) is 0 Å². The van der Waals surface area contributed by atoms with Crippen molar-refractivity contribution in [3.63, 3.8) is 0 Å². The van der Waals surface area contributed by atoms with Crippen molar-refractivity contribution in [2.75, 3.05) is 12.3 Å². The lowest BCUT2D eigenvalue weighted by Crippen LogP contribution is -2.10. The third-order valence-corrected chi connectivity index (χ3v) is 2.28. The van der Waals surface area contributed by atoms with Gasteiger partial charge in [-0.25, -0.2) is 14.8 Å². The van der Waals surface area contributed by atoms with Crippen LogP contribution in [-0.4, -0.2) is 27.7 Å². The van der Waals surface area contributed by atoms with Gasteiger partial charge >= 0.3 is 5.97 Å². The summed E-state index contributed by atoms with van der Waals surface area (Å²) in [5.74, 6) is -0.663. The van der Waals surface area contributed by atoms with Gasteiger partial charge in [0.2, 0.25) is 0 Å². The van der Waals surface area contributed by atoms with Crippen LogP contribution in [0, 0.1) is 0 Å². The molecule has 1 aliphatic rings. The van der Waals surface area contributed by atoms with Gasteiger partial charge in [0, 0.05) is 12.8 Å². The van der Waals surface area contributed by atoms with E-state index in [0.717, 1.165) is 12.8 Å². The summed E-state index contributed by atoms with van der Waals surface area (Å²) < 4.78 is 5.37. The van der Waals surface area contributed by atoms with Crippen LogP contribution in [0.25, 0.3) is 0 Å². The summed E-state index contributed by atoms with van der Waals surface area (Å²) in [7, 11) is 0. The van der Waals surface area contributed by atoms with Gasteiger partial charge in [0.05, 0.1) is 0 Å². The van der Waals surface area contributed by atoms with Gasteiger partial charge in [0.15, 0.2) is 5.82 Å². The molecule has 1 aromatic heterocycles. The van der Waals surface area contributed by atoms with Crippen molar-refractivity contribution in [2.45, 2.75) is 18.9 Å². The predicted octanol–water partition coefficient (Wildman–Crippen LogP) is 0.608. The van der Waals surface area contributed by atoms with E-state index in [0.29, 0.717) is 12.4 Å². The van der Waals surface area contributed by atoms with E-state index in [1.165, 1.54) is 6.20 Å². The molecule has 1 aromatic rings. The third kappa shape index (κ3) is 1.89. The fourth-order valence-corrected chi connectivity index (χ4v) is 1.51. The number of hydrogen-bond donors (Lipinski definition) is 2. The number of carboxylic acids is 1. The molecule has 0 spiro atoms. The minimum atomic E-state index is -1.12. The molecule has 80 valence electrons. The van der Waals surface area contributed by atoms with E-state index >= 15 is 0 Å². The summed E-state index contributed by atoms with van der Waals surface area (Å²) in [4.78, 5) is 18.5. The highest BCUT2D eigenvalue weighted by atomic mass is 16.5. The van der Waals surface area contributed by atoms with E-state index < -0.39 is 5.97 Å². The highest BCUT2D eigenvalue weighted by Gasteiger charge is 2.22. The Morgan fingerprint density at radius 3 is 3.00 bits per heavy atom. The minimum absolute atomic E-state index is 0.0111. The Kier molecular flexibility index (Phi) is 2.51. The number of nitrogens with zero attached hydrogens (tertiary/aromatic N) is 2. The number of rotatable bonds is 2. The quantitative estimate of drug-likeness (QED) is 0.740. The molecule has 1 atom stereocenters. The van der Waals surface area contributed by atoms with Crippen LogP contribution < -0.4 is 5.73 Å². The Bertz CT molecular complexity index is 388. The van der Waals surface area contributed by atoms with Crippen LogP contribution in [0.4, 0.5) is 5.82 Å². The van der Waals surface area contributed by atoms with Crippen LogP contribution in [0.3, 0.4) is 0 Å². The molecule has 6 nitrogen and oxygen atoms in total. The number of carboxylic acid groups (broad SMARTS) is 1. The van der Waals surface area contributed by atoms with Crippen molar-refractivity contribution >= 4 is 11.8 Å². The smallest absolute Gasteiger partial charge is 0.341 e. The van der Waals surface area contributed by atoms with Crippen molar-refractivity contribution in [1.82, 2.24) is 9.97 Å². The molecule has 0 aromatic carbocycles. The molecular formula is C9H11N3O3. The SMILES string of the molecule is Nc1nc(C2CCCO2)ncc1C(=O)O. The number of nitrogens with two attached hydrogens (primary N) is 1. The summed E-state index contributed by atoms with van der Waals surface area (Å²) in [6, 6.07) is 0.